The molecule has 2 aromatic rings. The Balaban J connectivity index is 1.97. The highest BCUT2D eigenvalue weighted by Crippen LogP contribution is 2.22. The number of aryl methyl sites for hydroxylation is 2. The summed E-state index contributed by atoms with van der Waals surface area (Å²) in [6.45, 7) is 0. The van der Waals surface area contributed by atoms with Gasteiger partial charge in [-0.15, -0.1) is 0 Å². The van der Waals surface area contributed by atoms with Crippen molar-refractivity contribution >= 4 is 11.9 Å². The molecule has 0 unspecified atom stereocenters. The normalized spacial score (nSPS) is 14.8. The van der Waals surface area contributed by atoms with Gasteiger partial charge in [-0.3, -0.25) is 0 Å². The number of aromatic nitrogens is 4. The Kier molecular flexibility index (Phi) is 3.32. The number of hydrazone groups is 1. The van der Waals surface area contributed by atoms with Crippen LogP contribution in [0.2, 0.25) is 0 Å². The SMILES string of the molecule is CN1N=C(c2ccc(-c3nn(C)c(=O)[n+](C)n3)o2)[N-]N(C)C1=O. The Morgan fingerprint density at radius 2 is 1.87 bits per heavy atom. The lowest BCUT2D eigenvalue weighted by atomic mass is 10.4. The molecule has 0 fully saturated rings. The van der Waals surface area contributed by atoms with Crippen LogP contribution in [0.5, 0.6) is 0 Å². The van der Waals surface area contributed by atoms with Gasteiger partial charge in [-0.25, -0.2) is 4.79 Å². The fraction of sp³-hybridized carbons (Fsp3) is 0.333. The summed E-state index contributed by atoms with van der Waals surface area (Å²) in [6.07, 6.45) is 0. The zero-order valence-electron chi connectivity index (χ0n) is 13.0. The molecule has 3 heterocycles. The molecule has 0 radical (unpaired) electrons. The second-order valence-electron chi connectivity index (χ2n) is 4.87. The van der Waals surface area contributed by atoms with Crippen molar-refractivity contribution in [3.05, 3.63) is 33.8 Å². The second kappa shape index (κ2) is 5.19. The van der Waals surface area contributed by atoms with Crippen LogP contribution >= 0.6 is 0 Å². The lowest BCUT2D eigenvalue weighted by Crippen LogP contribution is -2.54. The molecule has 0 aromatic carbocycles. The lowest BCUT2D eigenvalue weighted by Gasteiger charge is -2.37. The molecule has 0 spiro atoms. The van der Waals surface area contributed by atoms with Crippen molar-refractivity contribution in [3.8, 4) is 11.6 Å². The molecule has 1 aliphatic rings. The number of carbonyl (C=O) groups excluding carboxylic acids is 1. The summed E-state index contributed by atoms with van der Waals surface area (Å²) >= 11 is 0. The molecular formula is C12H14N8O3. The maximum absolute atomic E-state index is 11.6. The number of rotatable bonds is 2. The van der Waals surface area contributed by atoms with Gasteiger partial charge in [0.2, 0.25) is 0 Å². The Labute approximate surface area is 130 Å². The zero-order valence-corrected chi connectivity index (χ0v) is 13.0. The van der Waals surface area contributed by atoms with Crippen molar-refractivity contribution in [1.82, 2.24) is 24.9 Å². The number of urea groups is 1. The van der Waals surface area contributed by atoms with Crippen molar-refractivity contribution < 1.29 is 13.9 Å². The summed E-state index contributed by atoms with van der Waals surface area (Å²) in [5, 5.41) is 14.4. The van der Waals surface area contributed by atoms with Crippen LogP contribution in [-0.4, -0.2) is 50.9 Å². The number of amides is 2. The fourth-order valence-corrected chi connectivity index (χ4v) is 1.97. The van der Waals surface area contributed by atoms with Crippen LogP contribution in [0.15, 0.2) is 26.4 Å². The number of hydrogen-bond donors (Lipinski definition) is 0. The lowest BCUT2D eigenvalue weighted by molar-refractivity contribution is -0.749. The molecule has 0 N–H and O–H groups in total. The van der Waals surface area contributed by atoms with Crippen molar-refractivity contribution in [2.24, 2.45) is 19.2 Å². The molecule has 0 atom stereocenters. The molecule has 11 heteroatoms. The van der Waals surface area contributed by atoms with E-state index in [0.717, 1.165) is 19.4 Å². The van der Waals surface area contributed by atoms with E-state index >= 15 is 0 Å². The summed E-state index contributed by atoms with van der Waals surface area (Å²) in [6, 6.07) is 2.93. The summed E-state index contributed by atoms with van der Waals surface area (Å²) in [4.78, 5) is 23.2. The average Bonchev–Trinajstić information content (AvgIpc) is 2.99. The standard InChI is InChI=1S/C12H14N8O3/c1-17-11(21)18(2)14-9(13-17)7-5-6-8(23-7)10-15-19(3)12(22)20(4)16-10/h5-6H,1-4H3. The van der Waals surface area contributed by atoms with Gasteiger partial charge in [0.1, 0.15) is 19.9 Å². The van der Waals surface area contributed by atoms with Gasteiger partial charge < -0.3 is 25.0 Å². The average molecular weight is 318 g/mol. The zero-order chi connectivity index (χ0) is 16.7. The molecule has 2 amide bonds. The van der Waals surface area contributed by atoms with Crippen molar-refractivity contribution in [1.29, 1.82) is 0 Å². The molecular weight excluding hydrogens is 304 g/mol. The number of hydrogen-bond acceptors (Lipinski definition) is 6. The molecule has 0 aliphatic carbocycles. The van der Waals surface area contributed by atoms with E-state index in [9.17, 15) is 9.59 Å². The van der Waals surface area contributed by atoms with E-state index in [0.29, 0.717) is 11.5 Å². The van der Waals surface area contributed by atoms with Gasteiger partial charge in [0, 0.05) is 19.9 Å². The molecule has 3 rings (SSSR count). The fourth-order valence-electron chi connectivity index (χ4n) is 1.97. The second-order valence-corrected chi connectivity index (χ2v) is 4.87. The van der Waals surface area contributed by atoms with E-state index in [1.165, 1.54) is 28.2 Å². The van der Waals surface area contributed by atoms with Gasteiger partial charge in [-0.2, -0.15) is 4.79 Å². The summed E-state index contributed by atoms with van der Waals surface area (Å²) in [5.74, 6) is 1.20. The number of nitrogens with zero attached hydrogens (tertiary/aromatic N) is 8. The molecule has 0 saturated carbocycles. The number of carbonyl (C=O) groups is 1. The Morgan fingerprint density at radius 3 is 2.52 bits per heavy atom. The molecule has 2 aromatic heterocycles. The van der Waals surface area contributed by atoms with Gasteiger partial charge >= 0.3 is 11.7 Å². The first-order chi connectivity index (χ1) is 10.9. The van der Waals surface area contributed by atoms with E-state index in [4.69, 9.17) is 4.42 Å². The Hall–Kier alpha value is -3.24. The third-order valence-electron chi connectivity index (χ3n) is 3.13. The predicted octanol–water partition coefficient (Wildman–Crippen LogP) is -0.793. The van der Waals surface area contributed by atoms with E-state index in [1.807, 2.05) is 0 Å². The molecule has 11 nitrogen and oxygen atoms in total. The van der Waals surface area contributed by atoms with Gasteiger partial charge in [0.15, 0.2) is 5.76 Å². The summed E-state index contributed by atoms with van der Waals surface area (Å²) in [7, 11) is 6.09. The van der Waals surface area contributed by atoms with Crippen LogP contribution < -0.4 is 10.4 Å². The number of furan rings is 1. The summed E-state index contributed by atoms with van der Waals surface area (Å²) in [5.41, 5.74) is 3.68. The minimum atomic E-state index is -0.353. The van der Waals surface area contributed by atoms with Crippen LogP contribution in [0, 0.1) is 0 Å². The highest BCUT2D eigenvalue weighted by atomic mass is 16.3. The van der Waals surface area contributed by atoms with Crippen LogP contribution in [0.25, 0.3) is 17.0 Å². The van der Waals surface area contributed by atoms with Crippen LogP contribution in [0.1, 0.15) is 5.76 Å². The molecule has 0 saturated heterocycles. The molecule has 120 valence electrons. The third-order valence-corrected chi connectivity index (χ3v) is 3.13. The summed E-state index contributed by atoms with van der Waals surface area (Å²) < 4.78 is 7.97. The van der Waals surface area contributed by atoms with Gasteiger partial charge in [-0.05, 0) is 12.1 Å². The Morgan fingerprint density at radius 1 is 1.17 bits per heavy atom. The van der Waals surface area contributed by atoms with E-state index in [-0.39, 0.29) is 23.4 Å². The van der Waals surface area contributed by atoms with Gasteiger partial charge in [0.25, 0.3) is 5.82 Å². The predicted molar refractivity (Wildman–Crippen MR) is 77.0 cm³/mol. The monoisotopic (exact) mass is 318 g/mol. The van der Waals surface area contributed by atoms with Crippen LogP contribution in [0.4, 0.5) is 4.79 Å². The van der Waals surface area contributed by atoms with Gasteiger partial charge in [0.05, 0.1) is 0 Å². The quantitative estimate of drug-likeness (QED) is 0.673. The molecule has 23 heavy (non-hydrogen) atoms. The smallest absolute Gasteiger partial charge is 0.453 e. The topological polar surface area (TPSA) is 115 Å². The first-order valence-corrected chi connectivity index (χ1v) is 6.60. The van der Waals surface area contributed by atoms with E-state index in [1.54, 1.807) is 12.1 Å². The van der Waals surface area contributed by atoms with Gasteiger partial charge in [-0.1, -0.05) is 19.6 Å². The van der Waals surface area contributed by atoms with Crippen LogP contribution in [0.3, 0.4) is 0 Å². The first kappa shape index (κ1) is 14.7. The van der Waals surface area contributed by atoms with Crippen molar-refractivity contribution in [3.63, 3.8) is 0 Å². The molecule has 1 aliphatic heterocycles. The van der Waals surface area contributed by atoms with Crippen molar-refractivity contribution in [2.45, 2.75) is 0 Å². The number of amidine groups is 1. The minimum Gasteiger partial charge on any atom is -0.453 e. The highest BCUT2D eigenvalue weighted by Gasteiger charge is 2.19. The Bertz CT molecular complexity index is 841. The minimum absolute atomic E-state index is 0.245. The maximum atomic E-state index is 11.6. The first-order valence-electron chi connectivity index (χ1n) is 6.60. The largest absolute Gasteiger partial charge is 0.539 e. The van der Waals surface area contributed by atoms with E-state index in [2.05, 4.69) is 20.7 Å². The van der Waals surface area contributed by atoms with Crippen molar-refractivity contribution in [2.75, 3.05) is 14.1 Å². The third kappa shape index (κ3) is 2.52. The van der Waals surface area contributed by atoms with Crippen LogP contribution in [-0.2, 0) is 14.1 Å². The maximum Gasteiger partial charge on any atom is 0.539 e. The molecule has 0 bridgehead atoms. The highest BCUT2D eigenvalue weighted by molar-refractivity contribution is 6.09. The van der Waals surface area contributed by atoms with E-state index < -0.39 is 0 Å².